The maximum Gasteiger partial charge on any atom is 0.101 e. The fourth-order valence-electron chi connectivity index (χ4n) is 4.45. The molecule has 0 atom stereocenters. The number of benzene rings is 4. The molecular formula is C26H13N3S. The fourth-order valence-corrected chi connectivity index (χ4v) is 5.71. The van der Waals surface area contributed by atoms with Gasteiger partial charge in [-0.3, -0.25) is 0 Å². The number of aromatic nitrogens is 1. The van der Waals surface area contributed by atoms with Crippen molar-refractivity contribution in [3.63, 3.8) is 0 Å². The molecule has 0 aliphatic carbocycles. The number of nitriles is 2. The van der Waals surface area contributed by atoms with Crippen LogP contribution in [0, 0.1) is 22.7 Å². The molecule has 4 heteroatoms. The first-order valence-corrected chi connectivity index (χ1v) is 10.4. The molecule has 0 aliphatic rings. The van der Waals surface area contributed by atoms with Crippen LogP contribution in [0.2, 0.25) is 0 Å². The van der Waals surface area contributed by atoms with E-state index in [1.807, 2.05) is 36.4 Å². The monoisotopic (exact) mass is 399 g/mol. The summed E-state index contributed by atoms with van der Waals surface area (Å²) in [4.78, 5) is 0. The zero-order valence-corrected chi connectivity index (χ0v) is 16.6. The number of nitrogens with zero attached hydrogens (tertiary/aromatic N) is 3. The van der Waals surface area contributed by atoms with Gasteiger partial charge in [0.15, 0.2) is 0 Å². The van der Waals surface area contributed by atoms with Gasteiger partial charge in [0.25, 0.3) is 0 Å². The van der Waals surface area contributed by atoms with Crippen molar-refractivity contribution in [1.29, 1.82) is 10.5 Å². The van der Waals surface area contributed by atoms with Crippen LogP contribution in [0.3, 0.4) is 0 Å². The third-order valence-electron chi connectivity index (χ3n) is 5.67. The molecule has 0 amide bonds. The molecule has 0 saturated heterocycles. The summed E-state index contributed by atoms with van der Waals surface area (Å²) in [7, 11) is 0. The van der Waals surface area contributed by atoms with Gasteiger partial charge in [0.2, 0.25) is 0 Å². The molecule has 6 rings (SSSR count). The average molecular weight is 399 g/mol. The van der Waals surface area contributed by atoms with Gasteiger partial charge in [0, 0.05) is 26.2 Å². The summed E-state index contributed by atoms with van der Waals surface area (Å²) in [5.74, 6) is 0. The van der Waals surface area contributed by atoms with Crippen LogP contribution in [-0.2, 0) is 0 Å². The third kappa shape index (κ3) is 2.12. The Morgan fingerprint density at radius 3 is 1.87 bits per heavy atom. The van der Waals surface area contributed by atoms with Crippen LogP contribution >= 0.6 is 11.3 Å². The third-order valence-corrected chi connectivity index (χ3v) is 6.85. The van der Waals surface area contributed by atoms with Crippen LogP contribution in [0.5, 0.6) is 0 Å². The molecule has 3 nitrogen and oxygen atoms in total. The largest absolute Gasteiger partial charge is 0.307 e. The van der Waals surface area contributed by atoms with Crippen molar-refractivity contribution in [2.75, 3.05) is 0 Å². The Kier molecular flexibility index (Phi) is 3.47. The molecule has 2 aromatic heterocycles. The van der Waals surface area contributed by atoms with Crippen molar-refractivity contribution in [1.82, 2.24) is 4.57 Å². The van der Waals surface area contributed by atoms with Crippen molar-refractivity contribution < 1.29 is 0 Å². The van der Waals surface area contributed by atoms with E-state index in [1.165, 1.54) is 0 Å². The van der Waals surface area contributed by atoms with E-state index < -0.39 is 0 Å². The number of hydrogen-bond acceptors (Lipinski definition) is 3. The van der Waals surface area contributed by atoms with Crippen LogP contribution < -0.4 is 0 Å². The Bertz CT molecular complexity index is 1670. The lowest BCUT2D eigenvalue weighted by Gasteiger charge is -2.12. The maximum atomic E-state index is 10.0. The molecule has 0 bridgehead atoms. The summed E-state index contributed by atoms with van der Waals surface area (Å²) in [6, 6.07) is 31.1. The van der Waals surface area contributed by atoms with Gasteiger partial charge in [-0.25, -0.2) is 0 Å². The van der Waals surface area contributed by atoms with E-state index >= 15 is 0 Å². The quantitative estimate of drug-likeness (QED) is 0.302. The fraction of sp³-hybridized carbons (Fsp3) is 0. The van der Waals surface area contributed by atoms with Crippen molar-refractivity contribution in [2.45, 2.75) is 0 Å². The molecule has 0 saturated carbocycles. The Balaban J connectivity index is 1.92. The Hall–Kier alpha value is -4.12. The minimum atomic E-state index is 0.511. The van der Waals surface area contributed by atoms with Crippen LogP contribution in [-0.4, -0.2) is 4.57 Å². The Morgan fingerprint density at radius 2 is 1.23 bits per heavy atom. The SMILES string of the molecule is N#Cc1cc(C#N)c2c(sc3ccccc32)c1-n1c2ccccc2c2ccccc21. The van der Waals surface area contributed by atoms with Gasteiger partial charge < -0.3 is 4.57 Å². The number of hydrogen-bond donors (Lipinski definition) is 0. The van der Waals surface area contributed by atoms with Gasteiger partial charge in [-0.15, -0.1) is 11.3 Å². The highest BCUT2D eigenvalue weighted by molar-refractivity contribution is 7.26. The highest BCUT2D eigenvalue weighted by atomic mass is 32.1. The second kappa shape index (κ2) is 6.19. The minimum Gasteiger partial charge on any atom is -0.307 e. The van der Waals surface area contributed by atoms with E-state index in [9.17, 15) is 10.5 Å². The second-order valence-corrected chi connectivity index (χ2v) is 8.27. The van der Waals surface area contributed by atoms with Gasteiger partial charge in [-0.2, -0.15) is 10.5 Å². The lowest BCUT2D eigenvalue weighted by atomic mass is 10.0. The first kappa shape index (κ1) is 16.8. The standard InChI is InChI=1S/C26H13N3S/c27-14-16-13-17(15-28)25(26-24(16)20-9-3-6-12-23(20)30-26)29-21-10-4-1-7-18(21)19-8-2-5-11-22(19)29/h1-13H. The van der Waals surface area contributed by atoms with Crippen molar-refractivity contribution >= 4 is 53.3 Å². The molecule has 0 unspecified atom stereocenters. The smallest absolute Gasteiger partial charge is 0.101 e. The summed E-state index contributed by atoms with van der Waals surface area (Å²) in [5, 5.41) is 24.2. The number of thiophene rings is 1. The van der Waals surface area contributed by atoms with Gasteiger partial charge in [0.05, 0.1) is 38.6 Å². The van der Waals surface area contributed by atoms with Gasteiger partial charge >= 0.3 is 0 Å². The molecule has 2 heterocycles. The summed E-state index contributed by atoms with van der Waals surface area (Å²) in [5.41, 5.74) is 4.02. The molecule has 138 valence electrons. The van der Waals surface area contributed by atoms with Gasteiger partial charge in [-0.1, -0.05) is 54.6 Å². The predicted molar refractivity (Wildman–Crippen MR) is 123 cm³/mol. The summed E-state index contributed by atoms with van der Waals surface area (Å²) >= 11 is 1.64. The number of fused-ring (bicyclic) bond motifs is 6. The summed E-state index contributed by atoms with van der Waals surface area (Å²) < 4.78 is 4.27. The lowest BCUT2D eigenvalue weighted by Crippen LogP contribution is -1.99. The molecule has 0 spiro atoms. The van der Waals surface area contributed by atoms with Crippen LogP contribution in [0.15, 0.2) is 78.9 Å². The van der Waals surface area contributed by atoms with Crippen LogP contribution in [0.25, 0.3) is 47.7 Å². The molecular weight excluding hydrogens is 386 g/mol. The number of rotatable bonds is 1. The highest BCUT2D eigenvalue weighted by Gasteiger charge is 2.21. The van der Waals surface area contributed by atoms with Crippen molar-refractivity contribution in [3.8, 4) is 17.8 Å². The van der Waals surface area contributed by atoms with Gasteiger partial charge in [0.1, 0.15) is 6.07 Å². The van der Waals surface area contributed by atoms with Crippen molar-refractivity contribution in [3.05, 3.63) is 90.0 Å². The summed E-state index contributed by atoms with van der Waals surface area (Å²) in [6.45, 7) is 0. The molecule has 0 N–H and O–H groups in total. The molecule has 6 aromatic rings. The van der Waals surface area contributed by atoms with Crippen LogP contribution in [0.4, 0.5) is 0 Å². The van der Waals surface area contributed by atoms with E-state index in [0.29, 0.717) is 11.1 Å². The molecule has 0 fully saturated rings. The molecule has 0 aliphatic heterocycles. The maximum absolute atomic E-state index is 10.0. The topological polar surface area (TPSA) is 52.5 Å². The van der Waals surface area contributed by atoms with E-state index in [2.05, 4.69) is 53.1 Å². The first-order valence-electron chi connectivity index (χ1n) is 9.59. The lowest BCUT2D eigenvalue weighted by molar-refractivity contribution is 1.19. The summed E-state index contributed by atoms with van der Waals surface area (Å²) in [6.07, 6.45) is 0. The van der Waals surface area contributed by atoms with E-state index in [-0.39, 0.29) is 0 Å². The molecule has 4 aromatic carbocycles. The highest BCUT2D eigenvalue weighted by Crippen LogP contribution is 2.43. The predicted octanol–water partition coefficient (Wildman–Crippen LogP) is 6.89. The van der Waals surface area contributed by atoms with Crippen molar-refractivity contribution in [2.24, 2.45) is 0 Å². The Morgan fingerprint density at radius 1 is 0.667 bits per heavy atom. The second-order valence-electron chi connectivity index (χ2n) is 7.22. The van der Waals surface area contributed by atoms with Crippen LogP contribution in [0.1, 0.15) is 11.1 Å². The van der Waals surface area contributed by atoms with E-state index in [0.717, 1.165) is 47.7 Å². The van der Waals surface area contributed by atoms with E-state index in [1.54, 1.807) is 17.4 Å². The normalized spacial score (nSPS) is 11.3. The zero-order valence-electron chi connectivity index (χ0n) is 15.8. The minimum absolute atomic E-state index is 0.511. The zero-order chi connectivity index (χ0) is 20.2. The molecule has 30 heavy (non-hydrogen) atoms. The van der Waals surface area contributed by atoms with E-state index in [4.69, 9.17) is 0 Å². The molecule has 0 radical (unpaired) electrons. The van der Waals surface area contributed by atoms with Gasteiger partial charge in [-0.05, 0) is 24.3 Å². The Labute approximate surface area is 176 Å². The first-order chi connectivity index (χ1) is 14.8. The number of para-hydroxylation sites is 2. The average Bonchev–Trinajstić information content (AvgIpc) is 3.34.